The van der Waals surface area contributed by atoms with E-state index in [4.69, 9.17) is 5.73 Å². The monoisotopic (exact) mass is 308 g/mol. The molecule has 3 rings (SSSR count). The van der Waals surface area contributed by atoms with E-state index in [1.54, 1.807) is 0 Å². The van der Waals surface area contributed by atoms with Gasteiger partial charge in [-0.1, -0.05) is 48.5 Å². The number of carbonyl (C=O) groups excluding carboxylic acids is 1. The Labute approximate surface area is 138 Å². The van der Waals surface area contributed by atoms with E-state index in [9.17, 15) is 4.79 Å². The van der Waals surface area contributed by atoms with Gasteiger partial charge in [-0.3, -0.25) is 4.79 Å². The molecule has 1 amide bonds. The van der Waals surface area contributed by atoms with Crippen molar-refractivity contribution in [1.29, 1.82) is 0 Å². The summed E-state index contributed by atoms with van der Waals surface area (Å²) in [6.45, 7) is 2.29. The quantitative estimate of drug-likeness (QED) is 0.923. The Balaban J connectivity index is 1.71. The highest BCUT2D eigenvalue weighted by Crippen LogP contribution is 2.20. The lowest BCUT2D eigenvalue weighted by Crippen LogP contribution is -2.30. The first-order chi connectivity index (χ1) is 11.3. The summed E-state index contributed by atoms with van der Waals surface area (Å²) in [5.74, 6) is 0.611. The fourth-order valence-electron chi connectivity index (χ4n) is 3.25. The van der Waals surface area contributed by atoms with E-state index in [0.29, 0.717) is 12.5 Å². The van der Waals surface area contributed by atoms with Gasteiger partial charge in [0.15, 0.2) is 0 Å². The lowest BCUT2D eigenvalue weighted by atomic mass is 9.99. The molecule has 1 unspecified atom stereocenters. The number of hydrogen-bond acceptors (Lipinski definition) is 2. The molecule has 0 bridgehead atoms. The van der Waals surface area contributed by atoms with Crippen LogP contribution in [0.15, 0.2) is 54.6 Å². The van der Waals surface area contributed by atoms with E-state index in [1.165, 1.54) is 5.56 Å². The van der Waals surface area contributed by atoms with E-state index in [0.717, 1.165) is 43.5 Å². The predicted molar refractivity (Wildman–Crippen MR) is 93.4 cm³/mol. The summed E-state index contributed by atoms with van der Waals surface area (Å²) in [7, 11) is 0. The minimum absolute atomic E-state index is 0.157. The van der Waals surface area contributed by atoms with Gasteiger partial charge in [0.25, 0.3) is 5.91 Å². The van der Waals surface area contributed by atoms with Gasteiger partial charge in [-0.25, -0.2) is 0 Å². The maximum Gasteiger partial charge on any atom is 0.254 e. The molecule has 1 aliphatic heterocycles. The smallest absolute Gasteiger partial charge is 0.254 e. The molecule has 1 aliphatic rings. The maximum atomic E-state index is 12.8. The molecule has 1 heterocycles. The van der Waals surface area contributed by atoms with Crippen molar-refractivity contribution in [2.75, 3.05) is 19.6 Å². The van der Waals surface area contributed by atoms with Crippen LogP contribution < -0.4 is 5.73 Å². The Bertz CT molecular complexity index is 654. The number of aryl methyl sites for hydroxylation is 2. The normalized spacial score (nSPS) is 17.4. The van der Waals surface area contributed by atoms with E-state index in [1.807, 2.05) is 29.2 Å². The average Bonchev–Trinajstić information content (AvgIpc) is 3.10. The molecule has 0 radical (unpaired) electrons. The lowest BCUT2D eigenvalue weighted by molar-refractivity contribution is 0.0786. The lowest BCUT2D eigenvalue weighted by Gasteiger charge is -2.18. The molecule has 0 spiro atoms. The third-order valence-corrected chi connectivity index (χ3v) is 4.68. The summed E-state index contributed by atoms with van der Waals surface area (Å²) >= 11 is 0. The second-order valence-electron chi connectivity index (χ2n) is 6.28. The van der Waals surface area contributed by atoms with E-state index in [-0.39, 0.29) is 5.91 Å². The van der Waals surface area contributed by atoms with Crippen LogP contribution in [0, 0.1) is 5.92 Å². The van der Waals surface area contributed by atoms with Crippen molar-refractivity contribution in [2.24, 2.45) is 11.7 Å². The number of likely N-dealkylation sites (tertiary alicyclic amines) is 1. The molecule has 3 nitrogen and oxygen atoms in total. The summed E-state index contributed by atoms with van der Waals surface area (Å²) in [5.41, 5.74) is 9.03. The Kier molecular flexibility index (Phi) is 5.09. The molecule has 3 heteroatoms. The molecule has 2 aromatic carbocycles. The summed E-state index contributed by atoms with van der Waals surface area (Å²) in [6.07, 6.45) is 2.87. The highest BCUT2D eigenvalue weighted by Gasteiger charge is 2.26. The van der Waals surface area contributed by atoms with Crippen molar-refractivity contribution in [2.45, 2.75) is 19.3 Å². The van der Waals surface area contributed by atoms with Crippen LogP contribution >= 0.6 is 0 Å². The molecule has 2 N–H and O–H groups in total. The molecule has 1 atom stereocenters. The van der Waals surface area contributed by atoms with Crippen LogP contribution in [-0.2, 0) is 12.8 Å². The number of benzene rings is 2. The molecule has 0 aromatic heterocycles. The van der Waals surface area contributed by atoms with Gasteiger partial charge in [0.2, 0.25) is 0 Å². The fourth-order valence-corrected chi connectivity index (χ4v) is 3.25. The molecule has 1 saturated heterocycles. The standard InChI is InChI=1S/C20H24N2O/c21-14-17-12-13-22(15-17)20(23)19-9-5-4-8-18(19)11-10-16-6-2-1-3-7-16/h1-9,17H,10-15,21H2. The van der Waals surface area contributed by atoms with Crippen LogP contribution in [0.2, 0.25) is 0 Å². The van der Waals surface area contributed by atoms with Crippen molar-refractivity contribution in [3.05, 3.63) is 71.3 Å². The highest BCUT2D eigenvalue weighted by molar-refractivity contribution is 5.95. The fraction of sp³-hybridized carbons (Fsp3) is 0.350. The predicted octanol–water partition coefficient (Wildman–Crippen LogP) is 2.89. The van der Waals surface area contributed by atoms with Gasteiger partial charge in [-0.05, 0) is 48.9 Å². The van der Waals surface area contributed by atoms with Gasteiger partial charge >= 0.3 is 0 Å². The van der Waals surface area contributed by atoms with Crippen molar-refractivity contribution in [3.8, 4) is 0 Å². The minimum atomic E-state index is 0.157. The number of nitrogens with two attached hydrogens (primary N) is 1. The largest absolute Gasteiger partial charge is 0.338 e. The second-order valence-corrected chi connectivity index (χ2v) is 6.28. The summed E-state index contributed by atoms with van der Waals surface area (Å²) < 4.78 is 0. The van der Waals surface area contributed by atoms with Crippen molar-refractivity contribution < 1.29 is 4.79 Å². The average molecular weight is 308 g/mol. The number of rotatable bonds is 5. The minimum Gasteiger partial charge on any atom is -0.338 e. The first-order valence-corrected chi connectivity index (χ1v) is 8.39. The topological polar surface area (TPSA) is 46.3 Å². The maximum absolute atomic E-state index is 12.8. The first-order valence-electron chi connectivity index (χ1n) is 8.39. The van der Waals surface area contributed by atoms with Gasteiger partial charge in [0.1, 0.15) is 0 Å². The van der Waals surface area contributed by atoms with Gasteiger partial charge in [-0.15, -0.1) is 0 Å². The van der Waals surface area contributed by atoms with E-state index >= 15 is 0 Å². The van der Waals surface area contributed by atoms with Crippen LogP contribution in [0.25, 0.3) is 0 Å². The van der Waals surface area contributed by atoms with Crippen molar-refractivity contribution >= 4 is 5.91 Å². The van der Waals surface area contributed by atoms with Gasteiger partial charge < -0.3 is 10.6 Å². The molecular formula is C20H24N2O. The first kappa shape index (κ1) is 15.8. The van der Waals surface area contributed by atoms with Crippen LogP contribution in [-0.4, -0.2) is 30.4 Å². The molecule has 2 aromatic rings. The number of amides is 1. The Morgan fingerprint density at radius 3 is 2.52 bits per heavy atom. The summed E-state index contributed by atoms with van der Waals surface area (Å²) in [5, 5.41) is 0. The number of carbonyl (C=O) groups is 1. The highest BCUT2D eigenvalue weighted by atomic mass is 16.2. The van der Waals surface area contributed by atoms with E-state index in [2.05, 4.69) is 30.3 Å². The summed E-state index contributed by atoms with van der Waals surface area (Å²) in [6, 6.07) is 18.4. The van der Waals surface area contributed by atoms with Crippen molar-refractivity contribution in [3.63, 3.8) is 0 Å². The molecule has 120 valence electrons. The second kappa shape index (κ2) is 7.42. The van der Waals surface area contributed by atoms with Crippen molar-refractivity contribution in [1.82, 2.24) is 4.90 Å². The van der Waals surface area contributed by atoms with E-state index < -0.39 is 0 Å². The Hall–Kier alpha value is -2.13. The van der Waals surface area contributed by atoms with Crippen LogP contribution in [0.5, 0.6) is 0 Å². The molecule has 0 saturated carbocycles. The third-order valence-electron chi connectivity index (χ3n) is 4.68. The Morgan fingerprint density at radius 2 is 1.78 bits per heavy atom. The van der Waals surface area contributed by atoms with Gasteiger partial charge in [0, 0.05) is 18.7 Å². The molecule has 23 heavy (non-hydrogen) atoms. The summed E-state index contributed by atoms with van der Waals surface area (Å²) in [4.78, 5) is 14.8. The molecule has 0 aliphatic carbocycles. The van der Waals surface area contributed by atoms with Crippen LogP contribution in [0.3, 0.4) is 0 Å². The van der Waals surface area contributed by atoms with Gasteiger partial charge in [0.05, 0.1) is 0 Å². The third kappa shape index (κ3) is 3.80. The zero-order chi connectivity index (χ0) is 16.1. The zero-order valence-corrected chi connectivity index (χ0v) is 13.4. The van der Waals surface area contributed by atoms with Crippen LogP contribution in [0.1, 0.15) is 27.9 Å². The number of nitrogens with zero attached hydrogens (tertiary/aromatic N) is 1. The number of hydrogen-bond donors (Lipinski definition) is 1. The zero-order valence-electron chi connectivity index (χ0n) is 13.4. The molecular weight excluding hydrogens is 284 g/mol. The SMILES string of the molecule is NCC1CCN(C(=O)c2ccccc2CCc2ccccc2)C1. The van der Waals surface area contributed by atoms with Crippen LogP contribution in [0.4, 0.5) is 0 Å². The molecule has 1 fully saturated rings. The Morgan fingerprint density at radius 1 is 1.04 bits per heavy atom. The van der Waals surface area contributed by atoms with Gasteiger partial charge in [-0.2, -0.15) is 0 Å².